The van der Waals surface area contributed by atoms with Gasteiger partial charge in [0.1, 0.15) is 5.69 Å². The Labute approximate surface area is 107 Å². The van der Waals surface area contributed by atoms with Crippen LogP contribution in [0.3, 0.4) is 0 Å². The van der Waals surface area contributed by atoms with Crippen LogP contribution in [0.5, 0.6) is 0 Å². The van der Waals surface area contributed by atoms with Gasteiger partial charge in [0.2, 0.25) is 0 Å². The molecule has 2 rings (SSSR count). The van der Waals surface area contributed by atoms with Gasteiger partial charge < -0.3 is 0 Å². The lowest BCUT2D eigenvalue weighted by Gasteiger charge is -2.20. The van der Waals surface area contributed by atoms with Crippen molar-refractivity contribution in [1.29, 1.82) is 0 Å². The third-order valence-electron chi connectivity index (χ3n) is 3.30. The third-order valence-corrected chi connectivity index (χ3v) is 4.68. The third kappa shape index (κ3) is 3.35. The van der Waals surface area contributed by atoms with Crippen molar-refractivity contribution >= 4 is 17.5 Å². The highest BCUT2D eigenvalue weighted by Gasteiger charge is 2.17. The first kappa shape index (κ1) is 12.7. The van der Waals surface area contributed by atoms with Gasteiger partial charge in [0, 0.05) is 18.0 Å². The number of hydrogen-bond acceptors (Lipinski definition) is 3. The van der Waals surface area contributed by atoms with Crippen LogP contribution in [0.15, 0.2) is 12.3 Å². The Morgan fingerprint density at radius 1 is 1.47 bits per heavy atom. The first-order chi connectivity index (χ1) is 8.31. The molecule has 0 aromatic carbocycles. The Morgan fingerprint density at radius 2 is 2.24 bits per heavy atom. The van der Waals surface area contributed by atoms with E-state index in [9.17, 15) is 4.79 Å². The summed E-state index contributed by atoms with van der Waals surface area (Å²) in [5.41, 5.74) is 0.760. The maximum atomic E-state index is 12.0. The van der Waals surface area contributed by atoms with Gasteiger partial charge in [-0.2, -0.15) is 16.9 Å². The van der Waals surface area contributed by atoms with Gasteiger partial charge in [0.15, 0.2) is 5.78 Å². The monoisotopic (exact) mass is 252 g/mol. The van der Waals surface area contributed by atoms with Gasteiger partial charge in [-0.25, -0.2) is 0 Å². The molecule has 1 aliphatic carbocycles. The van der Waals surface area contributed by atoms with Gasteiger partial charge in [0.05, 0.1) is 5.75 Å². The molecule has 1 fully saturated rings. The lowest BCUT2D eigenvalue weighted by Crippen LogP contribution is -2.15. The molecule has 1 heterocycles. The van der Waals surface area contributed by atoms with E-state index in [-0.39, 0.29) is 5.78 Å². The average molecular weight is 252 g/mol. The molecule has 0 radical (unpaired) electrons. The Balaban J connectivity index is 1.84. The maximum absolute atomic E-state index is 12.0. The van der Waals surface area contributed by atoms with Crippen molar-refractivity contribution in [2.75, 3.05) is 5.75 Å². The number of aromatic nitrogens is 2. The van der Waals surface area contributed by atoms with Gasteiger partial charge in [-0.3, -0.25) is 9.48 Å². The van der Waals surface area contributed by atoms with E-state index < -0.39 is 0 Å². The number of carbonyl (C=O) groups excluding carboxylic acids is 1. The van der Waals surface area contributed by atoms with Gasteiger partial charge in [0.25, 0.3) is 0 Å². The van der Waals surface area contributed by atoms with Gasteiger partial charge in [-0.15, -0.1) is 0 Å². The smallest absolute Gasteiger partial charge is 0.190 e. The largest absolute Gasteiger partial charge is 0.292 e. The minimum atomic E-state index is 0.222. The van der Waals surface area contributed by atoms with E-state index in [1.54, 1.807) is 10.9 Å². The van der Waals surface area contributed by atoms with Crippen molar-refractivity contribution in [3.8, 4) is 0 Å². The zero-order valence-electron chi connectivity index (χ0n) is 10.4. The van der Waals surface area contributed by atoms with Crippen LogP contribution in [0, 0.1) is 0 Å². The number of ketones is 1. The summed E-state index contributed by atoms with van der Waals surface area (Å²) >= 11 is 1.83. The summed E-state index contributed by atoms with van der Waals surface area (Å²) in [4.78, 5) is 12.0. The summed E-state index contributed by atoms with van der Waals surface area (Å²) in [6, 6.07) is 1.83. The molecule has 1 saturated carbocycles. The Hall–Kier alpha value is -0.770. The fourth-order valence-corrected chi connectivity index (χ4v) is 3.52. The molecular formula is C13H20N2OS. The van der Waals surface area contributed by atoms with E-state index in [4.69, 9.17) is 0 Å². The maximum Gasteiger partial charge on any atom is 0.190 e. The molecule has 0 amide bonds. The molecule has 0 atom stereocenters. The normalized spacial score (nSPS) is 17.2. The highest BCUT2D eigenvalue weighted by atomic mass is 32.2. The molecule has 1 aliphatic rings. The Kier molecular flexibility index (Phi) is 4.66. The van der Waals surface area contributed by atoms with Gasteiger partial charge in [-0.1, -0.05) is 19.3 Å². The molecule has 0 spiro atoms. The van der Waals surface area contributed by atoms with Crippen molar-refractivity contribution in [2.45, 2.75) is 50.8 Å². The summed E-state index contributed by atoms with van der Waals surface area (Å²) < 4.78 is 1.78. The van der Waals surface area contributed by atoms with Crippen LogP contribution in [-0.4, -0.2) is 26.6 Å². The zero-order valence-corrected chi connectivity index (χ0v) is 11.2. The molecule has 0 unspecified atom stereocenters. The number of rotatable bonds is 5. The SMILES string of the molecule is CCn1nccc1C(=O)CSC1CCCCC1. The fourth-order valence-electron chi connectivity index (χ4n) is 2.32. The molecule has 94 valence electrons. The average Bonchev–Trinajstić information content (AvgIpc) is 2.85. The zero-order chi connectivity index (χ0) is 12.1. The van der Waals surface area contributed by atoms with Crippen molar-refractivity contribution in [2.24, 2.45) is 0 Å². The first-order valence-electron chi connectivity index (χ1n) is 6.48. The summed E-state index contributed by atoms with van der Waals surface area (Å²) in [6.45, 7) is 2.78. The minimum Gasteiger partial charge on any atom is -0.292 e. The van der Waals surface area contributed by atoms with Crippen LogP contribution in [0.25, 0.3) is 0 Å². The minimum absolute atomic E-state index is 0.222. The fraction of sp³-hybridized carbons (Fsp3) is 0.692. The summed E-state index contributed by atoms with van der Waals surface area (Å²) in [5, 5.41) is 4.84. The van der Waals surface area contributed by atoms with Crippen molar-refractivity contribution in [3.63, 3.8) is 0 Å². The highest BCUT2D eigenvalue weighted by molar-refractivity contribution is 8.00. The quantitative estimate of drug-likeness (QED) is 0.755. The van der Waals surface area contributed by atoms with E-state index in [1.165, 1.54) is 32.1 Å². The van der Waals surface area contributed by atoms with Crippen molar-refractivity contribution < 1.29 is 4.79 Å². The van der Waals surface area contributed by atoms with Crippen LogP contribution >= 0.6 is 11.8 Å². The van der Waals surface area contributed by atoms with Crippen LogP contribution < -0.4 is 0 Å². The van der Waals surface area contributed by atoms with Crippen LogP contribution in [0.4, 0.5) is 0 Å². The van der Waals surface area contributed by atoms with Gasteiger partial charge in [-0.05, 0) is 25.8 Å². The molecular weight excluding hydrogens is 232 g/mol. The second-order valence-corrected chi connectivity index (χ2v) is 5.82. The lowest BCUT2D eigenvalue weighted by atomic mass is 10.0. The van der Waals surface area contributed by atoms with Crippen LogP contribution in [0.1, 0.15) is 49.5 Å². The first-order valence-corrected chi connectivity index (χ1v) is 7.52. The second kappa shape index (κ2) is 6.24. The highest BCUT2D eigenvalue weighted by Crippen LogP contribution is 2.28. The molecule has 1 aromatic heterocycles. The molecule has 0 N–H and O–H groups in total. The van der Waals surface area contributed by atoms with Crippen LogP contribution in [0.2, 0.25) is 0 Å². The molecule has 0 aliphatic heterocycles. The molecule has 1 aromatic rings. The topological polar surface area (TPSA) is 34.9 Å². The molecule has 17 heavy (non-hydrogen) atoms. The van der Waals surface area contributed by atoms with E-state index in [2.05, 4.69) is 5.10 Å². The predicted molar refractivity (Wildman–Crippen MR) is 71.6 cm³/mol. The Bertz CT molecular complexity index is 369. The summed E-state index contributed by atoms with van der Waals surface area (Å²) in [5.74, 6) is 0.830. The number of nitrogens with zero attached hydrogens (tertiary/aromatic N) is 2. The standard InChI is InChI=1S/C13H20N2OS/c1-2-15-12(8-9-14-15)13(16)10-17-11-6-4-3-5-7-11/h8-9,11H,2-7,10H2,1H3. The number of hydrogen-bond donors (Lipinski definition) is 0. The van der Waals surface area contributed by atoms with Crippen molar-refractivity contribution in [1.82, 2.24) is 9.78 Å². The van der Waals surface area contributed by atoms with E-state index in [1.807, 2.05) is 24.8 Å². The summed E-state index contributed by atoms with van der Waals surface area (Å²) in [7, 11) is 0. The number of aryl methyl sites for hydroxylation is 1. The lowest BCUT2D eigenvalue weighted by molar-refractivity contribution is 0.101. The second-order valence-electron chi connectivity index (χ2n) is 4.53. The van der Waals surface area contributed by atoms with Gasteiger partial charge >= 0.3 is 0 Å². The molecule has 3 nitrogen and oxygen atoms in total. The van der Waals surface area contributed by atoms with E-state index in [0.717, 1.165) is 12.2 Å². The van der Waals surface area contributed by atoms with Crippen LogP contribution in [-0.2, 0) is 6.54 Å². The van der Waals surface area contributed by atoms with E-state index >= 15 is 0 Å². The van der Waals surface area contributed by atoms with E-state index in [0.29, 0.717) is 11.0 Å². The molecule has 4 heteroatoms. The number of thioether (sulfide) groups is 1. The molecule has 0 saturated heterocycles. The molecule has 0 bridgehead atoms. The number of Topliss-reactive ketones (excluding diaryl/α,β-unsaturated/α-hetero) is 1. The Morgan fingerprint density at radius 3 is 2.94 bits per heavy atom. The summed E-state index contributed by atoms with van der Waals surface area (Å²) in [6.07, 6.45) is 8.31. The predicted octanol–water partition coefficient (Wildman–Crippen LogP) is 3.15. The number of carbonyl (C=O) groups is 1. The van der Waals surface area contributed by atoms with Crippen molar-refractivity contribution in [3.05, 3.63) is 18.0 Å².